The number of benzene rings is 3. The zero-order valence-electron chi connectivity index (χ0n) is 14.7. The van der Waals surface area contributed by atoms with Gasteiger partial charge in [-0.25, -0.2) is 0 Å². The summed E-state index contributed by atoms with van der Waals surface area (Å²) in [5.41, 5.74) is 5.09. The maximum absolute atomic E-state index is 7.61. The zero-order valence-corrected chi connectivity index (χ0v) is 16.5. The molecule has 0 amide bonds. The number of hydrogen-bond acceptors (Lipinski definition) is 0. The first-order valence-corrected chi connectivity index (χ1v) is 11.3. The van der Waals surface area contributed by atoms with E-state index in [4.69, 9.17) is 11.1 Å². The molecule has 1 unspecified atom stereocenters. The number of rotatable bonds is 3. The fraction of sp³-hybridized carbons (Fsp3) is 0.182. The lowest BCUT2D eigenvalue weighted by molar-refractivity contribution is 1.39. The standard InChI is InChI=1S/C22H23ClSi/c1-16-13-17(2)15-21(14-16)24(23,20-11-6-5-7-12-20)22-18(3)9-8-10-19(22)4/h5-15H,1-4H3. The van der Waals surface area contributed by atoms with Gasteiger partial charge in [0.15, 0.2) is 0 Å². The normalized spacial score (nSPS) is 13.5. The topological polar surface area (TPSA) is 0 Å². The Morgan fingerprint density at radius 2 is 1.17 bits per heavy atom. The molecular weight excluding hydrogens is 328 g/mol. The van der Waals surface area contributed by atoms with Crippen LogP contribution in [0.5, 0.6) is 0 Å². The van der Waals surface area contributed by atoms with Crippen molar-refractivity contribution in [2.45, 2.75) is 27.7 Å². The van der Waals surface area contributed by atoms with Crippen LogP contribution in [0.3, 0.4) is 0 Å². The molecule has 2 heteroatoms. The largest absolute Gasteiger partial charge is 0.248 e. The van der Waals surface area contributed by atoms with E-state index in [1.807, 2.05) is 0 Å². The SMILES string of the molecule is Cc1cc(C)cc([Si](Cl)(c2ccccc2)c2c(C)cccc2C)c1. The molecule has 1 atom stereocenters. The summed E-state index contributed by atoms with van der Waals surface area (Å²) in [4.78, 5) is 0. The van der Waals surface area contributed by atoms with Crippen LogP contribution in [0.4, 0.5) is 0 Å². The third kappa shape index (κ3) is 2.94. The Balaban J connectivity index is 2.38. The average molecular weight is 351 g/mol. The van der Waals surface area contributed by atoms with Crippen LogP contribution >= 0.6 is 11.1 Å². The van der Waals surface area contributed by atoms with Gasteiger partial charge in [0.2, 0.25) is 7.38 Å². The van der Waals surface area contributed by atoms with Gasteiger partial charge in [0.1, 0.15) is 0 Å². The van der Waals surface area contributed by atoms with Crippen LogP contribution in [0.15, 0.2) is 66.7 Å². The molecule has 0 heterocycles. The summed E-state index contributed by atoms with van der Waals surface area (Å²) < 4.78 is 0. The van der Waals surface area contributed by atoms with E-state index in [9.17, 15) is 0 Å². The second-order valence-electron chi connectivity index (χ2n) is 6.67. The zero-order chi connectivity index (χ0) is 17.3. The molecule has 0 aliphatic heterocycles. The molecule has 0 aromatic heterocycles. The van der Waals surface area contributed by atoms with Gasteiger partial charge in [-0.3, -0.25) is 0 Å². The first-order valence-electron chi connectivity index (χ1n) is 8.33. The summed E-state index contributed by atoms with van der Waals surface area (Å²) in [6.07, 6.45) is 0. The van der Waals surface area contributed by atoms with E-state index in [1.54, 1.807) is 0 Å². The van der Waals surface area contributed by atoms with Gasteiger partial charge in [-0.2, -0.15) is 0 Å². The van der Waals surface area contributed by atoms with Crippen molar-refractivity contribution in [3.8, 4) is 0 Å². The van der Waals surface area contributed by atoms with Crippen LogP contribution in [0, 0.1) is 27.7 Å². The lowest BCUT2D eigenvalue weighted by atomic mass is 10.1. The Labute approximate surface area is 150 Å². The highest BCUT2D eigenvalue weighted by atomic mass is 35.6. The summed E-state index contributed by atoms with van der Waals surface area (Å²) in [5, 5.41) is 3.84. The minimum Gasteiger partial charge on any atom is -0.149 e. The molecule has 3 aromatic rings. The molecule has 0 radical (unpaired) electrons. The maximum Gasteiger partial charge on any atom is 0.248 e. The van der Waals surface area contributed by atoms with Crippen LogP contribution in [0.1, 0.15) is 22.3 Å². The molecule has 0 saturated carbocycles. The van der Waals surface area contributed by atoms with Crippen molar-refractivity contribution in [3.05, 3.63) is 89.0 Å². The Kier molecular flexibility index (Phi) is 4.66. The highest BCUT2D eigenvalue weighted by Crippen LogP contribution is 2.18. The Hall–Kier alpha value is -1.83. The molecule has 0 spiro atoms. The predicted molar refractivity (Wildman–Crippen MR) is 109 cm³/mol. The fourth-order valence-electron chi connectivity index (χ4n) is 3.65. The van der Waals surface area contributed by atoms with Crippen molar-refractivity contribution in [1.29, 1.82) is 0 Å². The van der Waals surface area contributed by atoms with Crippen LogP contribution in [0.2, 0.25) is 0 Å². The molecule has 0 nitrogen and oxygen atoms in total. The van der Waals surface area contributed by atoms with Gasteiger partial charge in [-0.15, -0.1) is 11.1 Å². The molecular formula is C22H23ClSi. The second kappa shape index (κ2) is 6.58. The summed E-state index contributed by atoms with van der Waals surface area (Å²) >= 11 is 7.61. The van der Waals surface area contributed by atoms with E-state index < -0.39 is 7.38 Å². The summed E-state index contributed by atoms with van der Waals surface area (Å²) in [7, 11) is -2.56. The predicted octanol–water partition coefficient (Wildman–Crippen LogP) is 4.13. The van der Waals surface area contributed by atoms with Gasteiger partial charge in [0.25, 0.3) is 0 Å². The molecule has 3 rings (SSSR count). The van der Waals surface area contributed by atoms with Crippen molar-refractivity contribution < 1.29 is 0 Å². The highest BCUT2D eigenvalue weighted by Gasteiger charge is 2.40. The highest BCUT2D eigenvalue weighted by molar-refractivity contribution is 7.40. The molecule has 24 heavy (non-hydrogen) atoms. The summed E-state index contributed by atoms with van der Waals surface area (Å²) in [5.74, 6) is 0. The monoisotopic (exact) mass is 350 g/mol. The molecule has 0 N–H and O–H groups in total. The van der Waals surface area contributed by atoms with Crippen LogP contribution < -0.4 is 15.6 Å². The lowest BCUT2D eigenvalue weighted by Crippen LogP contribution is -2.64. The molecule has 0 aliphatic carbocycles. The number of hydrogen-bond donors (Lipinski definition) is 0. The summed E-state index contributed by atoms with van der Waals surface area (Å²) in [6.45, 7) is 8.66. The van der Waals surface area contributed by atoms with Crippen molar-refractivity contribution >= 4 is 34.0 Å². The van der Waals surface area contributed by atoms with E-state index in [1.165, 1.54) is 37.8 Å². The third-order valence-corrected chi connectivity index (χ3v) is 10.2. The van der Waals surface area contributed by atoms with Gasteiger partial charge in [-0.05, 0) is 54.4 Å². The maximum atomic E-state index is 7.61. The van der Waals surface area contributed by atoms with E-state index in [0.717, 1.165) is 0 Å². The minimum atomic E-state index is -2.56. The first kappa shape index (κ1) is 17.0. The van der Waals surface area contributed by atoms with Gasteiger partial charge in [-0.1, -0.05) is 77.9 Å². The summed E-state index contributed by atoms with van der Waals surface area (Å²) in [6, 6.07) is 23.8. The minimum absolute atomic E-state index is 1.24. The van der Waals surface area contributed by atoms with E-state index in [-0.39, 0.29) is 0 Å². The lowest BCUT2D eigenvalue weighted by Gasteiger charge is -2.30. The van der Waals surface area contributed by atoms with E-state index in [0.29, 0.717) is 0 Å². The van der Waals surface area contributed by atoms with Gasteiger partial charge < -0.3 is 0 Å². The molecule has 122 valence electrons. The molecule has 0 fully saturated rings. The molecule has 0 bridgehead atoms. The number of aryl methyl sites for hydroxylation is 4. The molecule has 0 aliphatic rings. The van der Waals surface area contributed by atoms with E-state index >= 15 is 0 Å². The van der Waals surface area contributed by atoms with Crippen LogP contribution in [-0.4, -0.2) is 7.38 Å². The van der Waals surface area contributed by atoms with Gasteiger partial charge in [0.05, 0.1) is 0 Å². The molecule has 0 saturated heterocycles. The smallest absolute Gasteiger partial charge is 0.149 e. The first-order chi connectivity index (χ1) is 11.4. The van der Waals surface area contributed by atoms with E-state index in [2.05, 4.69) is 94.4 Å². The van der Waals surface area contributed by atoms with Gasteiger partial charge >= 0.3 is 0 Å². The van der Waals surface area contributed by atoms with Crippen LogP contribution in [0.25, 0.3) is 0 Å². The Morgan fingerprint density at radius 1 is 0.625 bits per heavy atom. The van der Waals surface area contributed by atoms with Crippen LogP contribution in [-0.2, 0) is 0 Å². The Morgan fingerprint density at radius 3 is 1.71 bits per heavy atom. The Bertz CT molecular complexity index is 830. The average Bonchev–Trinajstić information content (AvgIpc) is 2.54. The molecule has 3 aromatic carbocycles. The van der Waals surface area contributed by atoms with Gasteiger partial charge in [0, 0.05) is 0 Å². The van der Waals surface area contributed by atoms with Crippen molar-refractivity contribution in [1.82, 2.24) is 0 Å². The third-order valence-electron chi connectivity index (χ3n) is 4.62. The number of halogens is 1. The van der Waals surface area contributed by atoms with Crippen molar-refractivity contribution in [2.24, 2.45) is 0 Å². The van der Waals surface area contributed by atoms with Crippen molar-refractivity contribution in [3.63, 3.8) is 0 Å². The fourth-order valence-corrected chi connectivity index (χ4v) is 8.92. The quantitative estimate of drug-likeness (QED) is 0.378. The second-order valence-corrected chi connectivity index (χ2v) is 11.3. The van der Waals surface area contributed by atoms with Crippen molar-refractivity contribution in [2.75, 3.05) is 0 Å².